The van der Waals surface area contributed by atoms with Crippen LogP contribution in [0.15, 0.2) is 24.3 Å². The van der Waals surface area contributed by atoms with Gasteiger partial charge in [0.25, 0.3) is 0 Å². The minimum atomic E-state index is -0.377. The molecule has 2 atom stereocenters. The van der Waals surface area contributed by atoms with Gasteiger partial charge in [-0.25, -0.2) is 0 Å². The van der Waals surface area contributed by atoms with Crippen LogP contribution in [0.25, 0.3) is 0 Å². The first-order chi connectivity index (χ1) is 7.83. The van der Waals surface area contributed by atoms with Crippen LogP contribution in [0.3, 0.4) is 0 Å². The fourth-order valence-corrected chi connectivity index (χ4v) is 3.36. The highest BCUT2D eigenvalue weighted by molar-refractivity contribution is 7.99. The summed E-state index contributed by atoms with van der Waals surface area (Å²) in [7, 11) is 0. The van der Waals surface area contributed by atoms with E-state index in [4.69, 9.17) is 4.74 Å². The monoisotopic (exact) mass is 238 g/mol. The molecule has 0 amide bonds. The molecule has 0 saturated carbocycles. The normalized spacial score (nSPS) is 22.0. The lowest BCUT2D eigenvalue weighted by Crippen LogP contribution is -2.13. The smallest absolute Gasteiger partial charge is 0.125 e. The maximum absolute atomic E-state index is 10.3. The van der Waals surface area contributed by atoms with E-state index in [-0.39, 0.29) is 6.10 Å². The molecule has 1 saturated heterocycles. The lowest BCUT2D eigenvalue weighted by molar-refractivity contribution is 0.117. The van der Waals surface area contributed by atoms with E-state index in [0.717, 1.165) is 23.5 Å². The molecule has 1 aromatic rings. The SMILES string of the molecule is CCOc1ccccc1C(O)C1CCSC1. The summed E-state index contributed by atoms with van der Waals surface area (Å²) >= 11 is 1.92. The van der Waals surface area contributed by atoms with Gasteiger partial charge in [0.2, 0.25) is 0 Å². The molecule has 1 N–H and O–H groups in total. The van der Waals surface area contributed by atoms with Crippen molar-refractivity contribution in [1.82, 2.24) is 0 Å². The highest BCUT2D eigenvalue weighted by Crippen LogP contribution is 2.37. The van der Waals surface area contributed by atoms with Gasteiger partial charge in [-0.15, -0.1) is 0 Å². The number of para-hydroxylation sites is 1. The highest BCUT2D eigenvalue weighted by Gasteiger charge is 2.26. The Kier molecular flexibility index (Phi) is 4.13. The minimum Gasteiger partial charge on any atom is -0.493 e. The van der Waals surface area contributed by atoms with Crippen LogP contribution in [0.4, 0.5) is 0 Å². The molecule has 0 spiro atoms. The van der Waals surface area contributed by atoms with Crippen LogP contribution in [0, 0.1) is 5.92 Å². The topological polar surface area (TPSA) is 29.5 Å². The Hall–Kier alpha value is -0.670. The molecule has 2 rings (SSSR count). The molecule has 0 radical (unpaired) electrons. The van der Waals surface area contributed by atoms with E-state index in [1.165, 1.54) is 5.75 Å². The maximum Gasteiger partial charge on any atom is 0.125 e. The van der Waals surface area contributed by atoms with Gasteiger partial charge in [0.15, 0.2) is 0 Å². The summed E-state index contributed by atoms with van der Waals surface area (Å²) in [6, 6.07) is 7.82. The largest absolute Gasteiger partial charge is 0.493 e. The van der Waals surface area contributed by atoms with Crippen LogP contribution in [-0.4, -0.2) is 23.2 Å². The predicted octanol–water partition coefficient (Wildman–Crippen LogP) is 2.87. The summed E-state index contributed by atoms with van der Waals surface area (Å²) in [5, 5.41) is 10.3. The molecule has 0 aromatic heterocycles. The molecule has 1 aliphatic heterocycles. The fourth-order valence-electron chi connectivity index (χ4n) is 2.07. The lowest BCUT2D eigenvalue weighted by Gasteiger charge is -2.20. The van der Waals surface area contributed by atoms with Gasteiger partial charge in [-0.3, -0.25) is 0 Å². The number of rotatable bonds is 4. The third-order valence-corrected chi connectivity index (χ3v) is 4.14. The van der Waals surface area contributed by atoms with Crippen molar-refractivity contribution in [2.75, 3.05) is 18.1 Å². The summed E-state index contributed by atoms with van der Waals surface area (Å²) in [5.41, 5.74) is 0.942. The molecule has 16 heavy (non-hydrogen) atoms. The molecule has 2 unspecified atom stereocenters. The summed E-state index contributed by atoms with van der Waals surface area (Å²) in [6.07, 6.45) is 0.726. The fraction of sp³-hybridized carbons (Fsp3) is 0.538. The van der Waals surface area contributed by atoms with Crippen LogP contribution >= 0.6 is 11.8 Å². The molecule has 3 heteroatoms. The van der Waals surface area contributed by atoms with Gasteiger partial charge < -0.3 is 9.84 Å². The number of benzene rings is 1. The zero-order valence-corrected chi connectivity index (χ0v) is 10.4. The van der Waals surface area contributed by atoms with Gasteiger partial charge in [0, 0.05) is 5.56 Å². The first kappa shape index (κ1) is 11.8. The van der Waals surface area contributed by atoms with E-state index in [0.29, 0.717) is 12.5 Å². The van der Waals surface area contributed by atoms with Gasteiger partial charge in [-0.05, 0) is 36.8 Å². The third-order valence-electron chi connectivity index (χ3n) is 2.95. The highest BCUT2D eigenvalue weighted by atomic mass is 32.2. The lowest BCUT2D eigenvalue weighted by atomic mass is 9.95. The standard InChI is InChI=1S/C13H18O2S/c1-2-15-12-6-4-3-5-11(12)13(14)10-7-8-16-9-10/h3-6,10,13-14H,2,7-9H2,1H3. The average molecular weight is 238 g/mol. The van der Waals surface area contributed by atoms with Gasteiger partial charge >= 0.3 is 0 Å². The van der Waals surface area contributed by atoms with E-state index in [1.807, 2.05) is 43.0 Å². The van der Waals surface area contributed by atoms with E-state index < -0.39 is 0 Å². The van der Waals surface area contributed by atoms with Crippen molar-refractivity contribution in [3.8, 4) is 5.75 Å². The quantitative estimate of drug-likeness (QED) is 0.874. The third kappa shape index (κ3) is 2.53. The molecule has 1 heterocycles. The number of aliphatic hydroxyl groups excluding tert-OH is 1. The Bertz CT molecular complexity index is 334. The molecule has 2 nitrogen and oxygen atoms in total. The van der Waals surface area contributed by atoms with E-state index in [9.17, 15) is 5.11 Å². The van der Waals surface area contributed by atoms with Crippen molar-refractivity contribution in [2.45, 2.75) is 19.4 Å². The first-order valence-corrected chi connectivity index (χ1v) is 6.96. The number of hydrogen-bond donors (Lipinski definition) is 1. The van der Waals surface area contributed by atoms with Crippen LogP contribution in [0.1, 0.15) is 25.0 Å². The zero-order chi connectivity index (χ0) is 11.4. The van der Waals surface area contributed by atoms with Crippen molar-refractivity contribution < 1.29 is 9.84 Å². The van der Waals surface area contributed by atoms with Crippen molar-refractivity contribution >= 4 is 11.8 Å². The van der Waals surface area contributed by atoms with Gasteiger partial charge in [-0.1, -0.05) is 18.2 Å². The summed E-state index contributed by atoms with van der Waals surface area (Å²) in [4.78, 5) is 0. The summed E-state index contributed by atoms with van der Waals surface area (Å²) in [6.45, 7) is 2.61. The number of hydrogen-bond acceptors (Lipinski definition) is 3. The second-order valence-electron chi connectivity index (χ2n) is 4.04. The van der Waals surface area contributed by atoms with Gasteiger partial charge in [0.05, 0.1) is 12.7 Å². The summed E-state index contributed by atoms with van der Waals surface area (Å²) < 4.78 is 5.55. The maximum atomic E-state index is 10.3. The number of aliphatic hydroxyl groups is 1. The molecule has 88 valence electrons. The Morgan fingerprint density at radius 1 is 1.50 bits per heavy atom. The van der Waals surface area contributed by atoms with Crippen LogP contribution in [0.5, 0.6) is 5.75 Å². The Balaban J connectivity index is 2.17. The van der Waals surface area contributed by atoms with Crippen LogP contribution < -0.4 is 4.74 Å². The second-order valence-corrected chi connectivity index (χ2v) is 5.19. The minimum absolute atomic E-state index is 0.377. The Labute approximate surface area is 101 Å². The second kappa shape index (κ2) is 5.60. The van der Waals surface area contributed by atoms with E-state index in [1.54, 1.807) is 0 Å². The molecule has 0 bridgehead atoms. The van der Waals surface area contributed by atoms with Crippen LogP contribution in [0.2, 0.25) is 0 Å². The molecule has 0 aliphatic carbocycles. The van der Waals surface area contributed by atoms with Crippen molar-refractivity contribution in [1.29, 1.82) is 0 Å². The first-order valence-electron chi connectivity index (χ1n) is 5.80. The molecule has 1 aliphatic rings. The zero-order valence-electron chi connectivity index (χ0n) is 9.56. The van der Waals surface area contributed by atoms with Gasteiger partial charge in [0.1, 0.15) is 5.75 Å². The van der Waals surface area contributed by atoms with Crippen molar-refractivity contribution in [3.63, 3.8) is 0 Å². The number of ether oxygens (including phenoxy) is 1. The Morgan fingerprint density at radius 2 is 2.31 bits per heavy atom. The predicted molar refractivity (Wildman–Crippen MR) is 68.0 cm³/mol. The summed E-state index contributed by atoms with van der Waals surface area (Å²) in [5.74, 6) is 3.43. The number of thioether (sulfide) groups is 1. The molecule has 1 aromatic carbocycles. The van der Waals surface area contributed by atoms with E-state index in [2.05, 4.69) is 0 Å². The molecule has 1 fully saturated rings. The van der Waals surface area contributed by atoms with Crippen molar-refractivity contribution in [2.24, 2.45) is 5.92 Å². The Morgan fingerprint density at radius 3 is 3.00 bits per heavy atom. The van der Waals surface area contributed by atoms with E-state index >= 15 is 0 Å². The van der Waals surface area contributed by atoms with Gasteiger partial charge in [-0.2, -0.15) is 11.8 Å². The van der Waals surface area contributed by atoms with Crippen molar-refractivity contribution in [3.05, 3.63) is 29.8 Å². The average Bonchev–Trinajstić information content (AvgIpc) is 2.83. The molecular weight excluding hydrogens is 220 g/mol. The van der Waals surface area contributed by atoms with Crippen LogP contribution in [-0.2, 0) is 0 Å². The molecular formula is C13H18O2S.